The van der Waals surface area contributed by atoms with Crippen LogP contribution in [0.2, 0.25) is 5.02 Å². The van der Waals surface area contributed by atoms with Gasteiger partial charge in [0.15, 0.2) is 5.11 Å². The van der Waals surface area contributed by atoms with Gasteiger partial charge in [-0.3, -0.25) is 0 Å². The zero-order valence-corrected chi connectivity index (χ0v) is 13.8. The van der Waals surface area contributed by atoms with E-state index in [0.29, 0.717) is 16.7 Å². The van der Waals surface area contributed by atoms with Crippen molar-refractivity contribution in [1.82, 2.24) is 5.32 Å². The van der Waals surface area contributed by atoms with Gasteiger partial charge in [-0.25, -0.2) is 0 Å². The third kappa shape index (κ3) is 4.90. The Balaban J connectivity index is 2.16. The highest BCUT2D eigenvalue weighted by molar-refractivity contribution is 7.80. The van der Waals surface area contributed by atoms with Crippen molar-refractivity contribution in [2.75, 3.05) is 29.9 Å². The monoisotopic (exact) mass is 323 g/mol. The van der Waals surface area contributed by atoms with Crippen molar-refractivity contribution in [3.8, 4) is 0 Å². The molecule has 1 aromatic rings. The van der Waals surface area contributed by atoms with Gasteiger partial charge in [-0.05, 0) is 43.3 Å². The maximum atomic E-state index is 6.14. The number of anilines is 2. The fourth-order valence-corrected chi connectivity index (χ4v) is 2.89. The predicted molar refractivity (Wildman–Crippen MR) is 96.6 cm³/mol. The van der Waals surface area contributed by atoms with E-state index in [-0.39, 0.29) is 0 Å². The normalized spacial score (nSPS) is 15.2. The summed E-state index contributed by atoms with van der Waals surface area (Å²) >= 11 is 11.4. The molecule has 0 spiro atoms. The summed E-state index contributed by atoms with van der Waals surface area (Å²) in [7, 11) is 0. The lowest BCUT2D eigenvalue weighted by Crippen LogP contribution is -2.30. The highest BCUT2D eigenvalue weighted by Gasteiger charge is 2.14. The van der Waals surface area contributed by atoms with Crippen molar-refractivity contribution in [2.45, 2.75) is 25.7 Å². The van der Waals surface area contributed by atoms with Crippen LogP contribution >= 0.6 is 23.8 Å². The van der Waals surface area contributed by atoms with Crippen LogP contribution in [0.25, 0.3) is 0 Å². The van der Waals surface area contributed by atoms with Crippen molar-refractivity contribution in [3.05, 3.63) is 35.9 Å². The first-order valence-corrected chi connectivity index (χ1v) is 8.19. The summed E-state index contributed by atoms with van der Waals surface area (Å²) in [6, 6.07) is 5.95. The van der Waals surface area contributed by atoms with Crippen LogP contribution in [0.3, 0.4) is 0 Å². The van der Waals surface area contributed by atoms with Gasteiger partial charge in [0.2, 0.25) is 0 Å². The first-order valence-electron chi connectivity index (χ1n) is 7.41. The minimum Gasteiger partial charge on any atom is -0.370 e. The van der Waals surface area contributed by atoms with Gasteiger partial charge in [0, 0.05) is 24.7 Å². The molecule has 1 aliphatic heterocycles. The molecule has 0 unspecified atom stereocenters. The molecule has 0 atom stereocenters. The Labute approximate surface area is 137 Å². The van der Waals surface area contributed by atoms with Gasteiger partial charge >= 0.3 is 0 Å². The first-order chi connectivity index (χ1) is 10.2. The molecular formula is C16H22ClN3S. The standard InChI is InChI=1S/C16H22ClN3S/c1-2-9-18-16(21)19-14-12-13(17)7-8-15(14)20-10-5-3-4-6-11-20/h2,7-8,12H,1,3-6,9-11H2,(H2,18,19,21). The Bertz CT molecular complexity index is 496. The molecule has 1 saturated heterocycles. The average molecular weight is 324 g/mol. The van der Waals surface area contributed by atoms with Gasteiger partial charge in [0.25, 0.3) is 0 Å². The summed E-state index contributed by atoms with van der Waals surface area (Å²) in [4.78, 5) is 2.42. The van der Waals surface area contributed by atoms with E-state index in [9.17, 15) is 0 Å². The van der Waals surface area contributed by atoms with Gasteiger partial charge in [-0.2, -0.15) is 0 Å². The average Bonchev–Trinajstić information content (AvgIpc) is 2.74. The van der Waals surface area contributed by atoms with Gasteiger partial charge in [-0.15, -0.1) is 6.58 Å². The summed E-state index contributed by atoms with van der Waals surface area (Å²) < 4.78 is 0. The highest BCUT2D eigenvalue weighted by atomic mass is 35.5. The Hall–Kier alpha value is -1.26. The summed E-state index contributed by atoms with van der Waals surface area (Å²) in [6.45, 7) is 6.49. The number of halogens is 1. The quantitative estimate of drug-likeness (QED) is 0.641. The van der Waals surface area contributed by atoms with E-state index in [1.165, 1.54) is 31.4 Å². The van der Waals surface area contributed by atoms with Crippen LogP contribution in [-0.4, -0.2) is 24.7 Å². The van der Waals surface area contributed by atoms with Crippen LogP contribution in [-0.2, 0) is 0 Å². The molecule has 5 heteroatoms. The van der Waals surface area contributed by atoms with E-state index >= 15 is 0 Å². The van der Waals surface area contributed by atoms with Crippen LogP contribution < -0.4 is 15.5 Å². The smallest absolute Gasteiger partial charge is 0.171 e. The minimum absolute atomic E-state index is 0.591. The second kappa shape index (κ2) is 8.25. The molecule has 2 N–H and O–H groups in total. The van der Waals surface area contributed by atoms with E-state index < -0.39 is 0 Å². The second-order valence-corrected chi connectivity index (χ2v) is 6.03. The Morgan fingerprint density at radius 1 is 1.29 bits per heavy atom. The number of nitrogens with one attached hydrogen (secondary N) is 2. The Morgan fingerprint density at radius 3 is 2.67 bits per heavy atom. The van der Waals surface area contributed by atoms with Gasteiger partial charge in [0.05, 0.1) is 11.4 Å². The molecule has 1 aliphatic rings. The number of hydrogen-bond donors (Lipinski definition) is 2. The Morgan fingerprint density at radius 2 is 2.00 bits per heavy atom. The molecule has 3 nitrogen and oxygen atoms in total. The third-order valence-electron chi connectivity index (χ3n) is 3.56. The lowest BCUT2D eigenvalue weighted by atomic mass is 10.2. The van der Waals surface area contributed by atoms with Crippen LogP contribution in [0.15, 0.2) is 30.9 Å². The molecule has 1 heterocycles. The van der Waals surface area contributed by atoms with E-state index in [1.54, 1.807) is 6.08 Å². The predicted octanol–water partition coefficient (Wildman–Crippen LogP) is 4.19. The summed E-state index contributed by atoms with van der Waals surface area (Å²) in [5, 5.41) is 7.64. The molecule has 0 radical (unpaired) electrons. The lowest BCUT2D eigenvalue weighted by Gasteiger charge is -2.26. The zero-order valence-electron chi connectivity index (χ0n) is 12.2. The topological polar surface area (TPSA) is 27.3 Å². The molecule has 0 aromatic heterocycles. The van der Waals surface area contributed by atoms with Gasteiger partial charge in [0.1, 0.15) is 0 Å². The molecule has 1 fully saturated rings. The van der Waals surface area contributed by atoms with Crippen molar-refractivity contribution < 1.29 is 0 Å². The minimum atomic E-state index is 0.591. The fraction of sp³-hybridized carbons (Fsp3) is 0.438. The molecule has 2 rings (SSSR count). The molecular weight excluding hydrogens is 302 g/mol. The van der Waals surface area contributed by atoms with Crippen LogP contribution in [0.4, 0.5) is 11.4 Å². The highest BCUT2D eigenvalue weighted by Crippen LogP contribution is 2.30. The van der Waals surface area contributed by atoms with E-state index in [1.807, 2.05) is 12.1 Å². The lowest BCUT2D eigenvalue weighted by molar-refractivity contribution is 0.726. The number of hydrogen-bond acceptors (Lipinski definition) is 2. The molecule has 0 aliphatic carbocycles. The molecule has 0 saturated carbocycles. The molecule has 114 valence electrons. The van der Waals surface area contributed by atoms with E-state index in [0.717, 1.165) is 18.8 Å². The van der Waals surface area contributed by atoms with Crippen molar-refractivity contribution in [2.24, 2.45) is 0 Å². The maximum absolute atomic E-state index is 6.14. The summed E-state index contributed by atoms with van der Waals surface area (Å²) in [6.07, 6.45) is 6.88. The molecule has 1 aromatic carbocycles. The van der Waals surface area contributed by atoms with Crippen molar-refractivity contribution in [1.29, 1.82) is 0 Å². The fourth-order valence-electron chi connectivity index (χ4n) is 2.53. The summed E-state index contributed by atoms with van der Waals surface area (Å²) in [5.74, 6) is 0. The second-order valence-electron chi connectivity index (χ2n) is 5.19. The number of nitrogens with zero attached hydrogens (tertiary/aromatic N) is 1. The van der Waals surface area contributed by atoms with E-state index in [2.05, 4.69) is 28.2 Å². The maximum Gasteiger partial charge on any atom is 0.171 e. The van der Waals surface area contributed by atoms with Crippen LogP contribution in [0, 0.1) is 0 Å². The van der Waals surface area contributed by atoms with Gasteiger partial charge in [-0.1, -0.05) is 30.5 Å². The van der Waals surface area contributed by atoms with Crippen LogP contribution in [0.1, 0.15) is 25.7 Å². The molecule has 0 bridgehead atoms. The third-order valence-corrected chi connectivity index (χ3v) is 4.04. The largest absolute Gasteiger partial charge is 0.370 e. The van der Waals surface area contributed by atoms with Crippen molar-refractivity contribution in [3.63, 3.8) is 0 Å². The Kier molecular flexibility index (Phi) is 6.33. The zero-order chi connectivity index (χ0) is 15.1. The number of thiocarbonyl (C=S) groups is 1. The van der Waals surface area contributed by atoms with Crippen molar-refractivity contribution >= 4 is 40.3 Å². The number of benzene rings is 1. The summed E-state index contributed by atoms with van der Waals surface area (Å²) in [5.41, 5.74) is 2.13. The first kappa shape index (κ1) is 16.1. The van der Waals surface area contributed by atoms with E-state index in [4.69, 9.17) is 23.8 Å². The van der Waals surface area contributed by atoms with Crippen LogP contribution in [0.5, 0.6) is 0 Å². The molecule has 21 heavy (non-hydrogen) atoms. The number of rotatable bonds is 4. The SMILES string of the molecule is C=CCNC(=S)Nc1cc(Cl)ccc1N1CCCCCC1. The molecule has 0 amide bonds. The van der Waals surface area contributed by atoms with Gasteiger partial charge < -0.3 is 15.5 Å².